The van der Waals surface area contributed by atoms with Crippen LogP contribution in [0.3, 0.4) is 0 Å². The number of carbonyl (C=O) groups excluding carboxylic acids is 2. The van der Waals surface area contributed by atoms with E-state index in [-0.39, 0.29) is 24.1 Å². The summed E-state index contributed by atoms with van der Waals surface area (Å²) in [5.41, 5.74) is 0. The molecule has 6 nitrogen and oxygen atoms in total. The van der Waals surface area contributed by atoms with Crippen LogP contribution in [-0.2, 0) is 74.4 Å². The van der Waals surface area contributed by atoms with E-state index in [9.17, 15) is 9.59 Å². The molecule has 0 saturated heterocycles. The van der Waals surface area contributed by atoms with Gasteiger partial charge in [0.1, 0.15) is 0 Å². The van der Waals surface area contributed by atoms with E-state index in [0.29, 0.717) is 12.8 Å². The van der Waals surface area contributed by atoms with E-state index < -0.39 is 50.1 Å². The van der Waals surface area contributed by atoms with Gasteiger partial charge < -0.3 is 0 Å². The number of methoxy groups -OCH3 is 2. The van der Waals surface area contributed by atoms with Crippen LogP contribution in [0.15, 0.2) is 0 Å². The van der Waals surface area contributed by atoms with Crippen LogP contribution in [-0.4, -0.2) is 38.4 Å². The van der Waals surface area contributed by atoms with Gasteiger partial charge in [0.2, 0.25) is 0 Å². The van der Waals surface area contributed by atoms with E-state index in [1.54, 1.807) is 14.2 Å². The molecule has 0 aliphatic carbocycles. The van der Waals surface area contributed by atoms with Gasteiger partial charge in [-0.2, -0.15) is 0 Å². The Hall–Kier alpha value is 0.730. The zero-order valence-electron chi connectivity index (χ0n) is 19.9. The van der Waals surface area contributed by atoms with Crippen molar-refractivity contribution in [2.45, 2.75) is 111 Å². The van der Waals surface area contributed by atoms with Gasteiger partial charge in [-0.25, -0.2) is 0 Å². The summed E-state index contributed by atoms with van der Waals surface area (Å²) in [7, 11) is 3.36. The molecule has 0 fully saturated rings. The summed E-state index contributed by atoms with van der Waals surface area (Å²) in [6, 6.07) is 0. The first-order valence-corrected chi connectivity index (χ1v) is 24.2. The SMILES string of the molecule is CCCCCCCC(=O)[O][Hg][CH2][C@H](OC)[C@@H]([CH2][Hg][O]C(=O)CCCCCCC)OC. The molecular formula is C22H42Hg2O6. The van der Waals surface area contributed by atoms with Crippen molar-refractivity contribution >= 4 is 11.9 Å². The molecule has 8 heteroatoms. The molecule has 2 atom stereocenters. The van der Waals surface area contributed by atoms with Crippen LogP contribution in [0.1, 0.15) is 90.9 Å². The van der Waals surface area contributed by atoms with Crippen molar-refractivity contribution in [3.05, 3.63) is 0 Å². The van der Waals surface area contributed by atoms with Gasteiger partial charge in [0.15, 0.2) is 0 Å². The monoisotopic (exact) mass is 806 g/mol. The Bertz CT molecular complexity index is 384. The molecular weight excluding hydrogens is 761 g/mol. The third-order valence-electron chi connectivity index (χ3n) is 5.32. The fraction of sp³-hybridized carbons (Fsp3) is 0.909. The van der Waals surface area contributed by atoms with Crippen molar-refractivity contribution in [1.82, 2.24) is 0 Å². The van der Waals surface area contributed by atoms with Crippen molar-refractivity contribution in [3.8, 4) is 0 Å². The van der Waals surface area contributed by atoms with Gasteiger partial charge in [-0.1, -0.05) is 0 Å². The zero-order chi connectivity index (χ0) is 22.5. The van der Waals surface area contributed by atoms with Gasteiger partial charge in [-0.05, 0) is 0 Å². The first-order chi connectivity index (χ1) is 14.6. The third-order valence-corrected chi connectivity index (χ3v) is 15.7. The summed E-state index contributed by atoms with van der Waals surface area (Å²) in [6.45, 7) is 4.37. The van der Waals surface area contributed by atoms with E-state index in [1.807, 2.05) is 0 Å². The van der Waals surface area contributed by atoms with Crippen molar-refractivity contribution in [2.75, 3.05) is 14.2 Å². The second-order valence-corrected chi connectivity index (χ2v) is 17.8. The molecule has 0 amide bonds. The van der Waals surface area contributed by atoms with Gasteiger partial charge in [0.05, 0.1) is 0 Å². The van der Waals surface area contributed by atoms with E-state index in [2.05, 4.69) is 13.8 Å². The second kappa shape index (κ2) is 22.9. The average Bonchev–Trinajstić information content (AvgIpc) is 2.74. The molecule has 170 valence electrons. The summed E-state index contributed by atoms with van der Waals surface area (Å²) >= 11 is -3.55. The number of rotatable bonds is 21. The van der Waals surface area contributed by atoms with Crippen LogP contribution in [0.4, 0.5) is 0 Å². The van der Waals surface area contributed by atoms with Crippen molar-refractivity contribution in [3.63, 3.8) is 0 Å². The van der Waals surface area contributed by atoms with Gasteiger partial charge in [-0.15, -0.1) is 0 Å². The summed E-state index contributed by atoms with van der Waals surface area (Å²) in [5, 5.41) is 0. The Morgan fingerprint density at radius 2 is 1.00 bits per heavy atom. The fourth-order valence-electron chi connectivity index (χ4n) is 3.38. The first-order valence-electron chi connectivity index (χ1n) is 12.0. The average molecular weight is 804 g/mol. The molecule has 0 aromatic rings. The van der Waals surface area contributed by atoms with Gasteiger partial charge in [0.25, 0.3) is 0 Å². The van der Waals surface area contributed by atoms with E-state index >= 15 is 0 Å². The second-order valence-electron chi connectivity index (χ2n) is 7.90. The molecule has 0 aliphatic rings. The van der Waals surface area contributed by atoms with E-state index in [1.165, 1.54) is 38.5 Å². The molecule has 30 heavy (non-hydrogen) atoms. The number of carbonyl (C=O) groups is 2. The number of hydrogen-bond donors (Lipinski definition) is 0. The van der Waals surface area contributed by atoms with Crippen LogP contribution < -0.4 is 0 Å². The molecule has 0 spiro atoms. The molecule has 0 aromatic heterocycles. The molecule has 0 unspecified atom stereocenters. The standard InChI is InChI=1S/2C8H16O2.C6H12O2.2Hg/c2*1-2-3-4-5-6-7-8(9)10;1-5(7-3)6(2)8-4;;/h2*2-7H2,1H3,(H,9,10);5-6H,1-2H2,3-4H3;;/q;;;2*+1/p-2/t;;5-,6+;;. The Kier molecular flexibility index (Phi) is 23.5. The van der Waals surface area contributed by atoms with Gasteiger partial charge in [0, 0.05) is 0 Å². The Balaban J connectivity index is 3.96. The van der Waals surface area contributed by atoms with Crippen molar-refractivity contribution in [2.24, 2.45) is 0 Å². The third kappa shape index (κ3) is 18.3. The van der Waals surface area contributed by atoms with Gasteiger partial charge in [-0.3, -0.25) is 0 Å². The van der Waals surface area contributed by atoms with E-state index in [0.717, 1.165) is 33.5 Å². The minimum absolute atomic E-state index is 0.0372. The predicted molar refractivity (Wildman–Crippen MR) is 110 cm³/mol. The topological polar surface area (TPSA) is 71.1 Å². The van der Waals surface area contributed by atoms with Crippen LogP contribution in [0, 0.1) is 0 Å². The minimum atomic E-state index is -1.78. The fourth-order valence-corrected chi connectivity index (χ4v) is 13.7. The number of unbranched alkanes of at least 4 members (excludes halogenated alkanes) is 8. The summed E-state index contributed by atoms with van der Waals surface area (Å²) in [5.74, 6) is -0.0743. The quantitative estimate of drug-likeness (QED) is 0.110. The summed E-state index contributed by atoms with van der Waals surface area (Å²) in [6.07, 6.45) is 12.4. The normalized spacial score (nSPS) is 12.5. The molecule has 0 heterocycles. The molecule has 0 radical (unpaired) electrons. The van der Waals surface area contributed by atoms with Gasteiger partial charge >= 0.3 is 212 Å². The molecule has 0 rings (SSSR count). The summed E-state index contributed by atoms with van der Waals surface area (Å²) < 4.78 is 24.0. The maximum atomic E-state index is 11.9. The van der Waals surface area contributed by atoms with Crippen LogP contribution in [0.25, 0.3) is 0 Å². The van der Waals surface area contributed by atoms with E-state index in [4.69, 9.17) is 14.8 Å². The van der Waals surface area contributed by atoms with Crippen molar-refractivity contribution < 1.29 is 74.4 Å². The Labute approximate surface area is 210 Å². The maximum absolute atomic E-state index is 11.9. The Morgan fingerprint density at radius 3 is 1.33 bits per heavy atom. The Morgan fingerprint density at radius 1 is 0.633 bits per heavy atom. The zero-order valence-corrected chi connectivity index (χ0v) is 30.9. The van der Waals surface area contributed by atoms with Crippen LogP contribution in [0.2, 0.25) is 7.86 Å². The first kappa shape index (κ1) is 30.7. The molecule has 0 bridgehead atoms. The number of hydrogen-bond acceptors (Lipinski definition) is 6. The molecule has 0 aliphatic heterocycles. The molecule has 0 saturated carbocycles. The van der Waals surface area contributed by atoms with Crippen LogP contribution in [0.5, 0.6) is 0 Å². The van der Waals surface area contributed by atoms with Crippen molar-refractivity contribution in [1.29, 1.82) is 0 Å². The molecule has 0 aromatic carbocycles. The molecule has 0 N–H and O–H groups in total. The predicted octanol–water partition coefficient (Wildman–Crippen LogP) is 5.66. The number of ether oxygens (including phenoxy) is 2. The summed E-state index contributed by atoms with van der Waals surface area (Å²) in [4.78, 5) is 23.8. The van der Waals surface area contributed by atoms with Crippen LogP contribution >= 0.6 is 0 Å².